The molecule has 0 amide bonds. The lowest BCUT2D eigenvalue weighted by atomic mass is 9.91. The molecule has 0 saturated carbocycles. The highest BCUT2D eigenvalue weighted by atomic mass is 19.1. The average molecular weight is 463 g/mol. The van der Waals surface area contributed by atoms with Crippen molar-refractivity contribution in [3.05, 3.63) is 81.3 Å². The van der Waals surface area contributed by atoms with Crippen LogP contribution in [-0.4, -0.2) is 31.1 Å². The molecule has 1 aliphatic heterocycles. The van der Waals surface area contributed by atoms with E-state index in [1.54, 1.807) is 19.3 Å². The van der Waals surface area contributed by atoms with Gasteiger partial charge in [-0.3, -0.25) is 4.79 Å². The first kappa shape index (κ1) is 22.2. The number of aryl methyl sites for hydroxylation is 3. The van der Waals surface area contributed by atoms with E-state index >= 15 is 0 Å². The molecule has 0 aliphatic carbocycles. The summed E-state index contributed by atoms with van der Waals surface area (Å²) >= 11 is 0. The first-order valence-corrected chi connectivity index (χ1v) is 11.1. The van der Waals surface area contributed by atoms with Crippen LogP contribution in [0, 0.1) is 25.5 Å². The Kier molecular flexibility index (Phi) is 5.65. The number of rotatable bonds is 3. The standard InChI is InChI=1S/C25H23F2N5O2/c1-13-14(2)29-24-22(28-13)21(17-7-6-16(26)12-19(17)27)30-23(31-24)15-8-10-34-20(11-15)18-5-4-9-32(3)25(18)33/h4-7,9,12,15,20H,8,10-11H2,1-3H3. The number of hydrogen-bond donors (Lipinski definition) is 0. The van der Waals surface area contributed by atoms with Gasteiger partial charge in [0, 0.05) is 43.0 Å². The monoisotopic (exact) mass is 463 g/mol. The normalized spacial score (nSPS) is 18.4. The molecular formula is C25H23F2N5O2. The molecule has 4 aromatic rings. The first-order chi connectivity index (χ1) is 16.3. The SMILES string of the molecule is Cc1nc2nc(C3CCOC(c4cccn(C)c4=O)C3)nc(-c3ccc(F)cc3F)c2nc1C. The maximum Gasteiger partial charge on any atom is 0.256 e. The van der Waals surface area contributed by atoms with Gasteiger partial charge < -0.3 is 9.30 Å². The minimum absolute atomic E-state index is 0.112. The van der Waals surface area contributed by atoms with Gasteiger partial charge in [-0.15, -0.1) is 0 Å². The molecule has 9 heteroatoms. The fraction of sp³-hybridized carbons (Fsp3) is 0.320. The van der Waals surface area contributed by atoms with E-state index in [0.29, 0.717) is 53.4 Å². The van der Waals surface area contributed by atoms with Crippen molar-refractivity contribution in [3.8, 4) is 11.3 Å². The van der Waals surface area contributed by atoms with Crippen molar-refractivity contribution in [2.75, 3.05) is 6.61 Å². The van der Waals surface area contributed by atoms with Gasteiger partial charge in [0.1, 0.15) is 28.7 Å². The van der Waals surface area contributed by atoms with Crippen LogP contribution in [0.25, 0.3) is 22.4 Å². The van der Waals surface area contributed by atoms with E-state index in [-0.39, 0.29) is 22.7 Å². The van der Waals surface area contributed by atoms with Gasteiger partial charge in [-0.05, 0) is 51.0 Å². The largest absolute Gasteiger partial charge is 0.373 e. The van der Waals surface area contributed by atoms with Crippen molar-refractivity contribution in [2.45, 2.75) is 38.7 Å². The van der Waals surface area contributed by atoms with Crippen molar-refractivity contribution in [2.24, 2.45) is 7.05 Å². The summed E-state index contributed by atoms with van der Waals surface area (Å²) in [5, 5.41) is 0. The summed E-state index contributed by atoms with van der Waals surface area (Å²) in [7, 11) is 1.70. The number of benzene rings is 1. The summed E-state index contributed by atoms with van der Waals surface area (Å²) in [6.07, 6.45) is 2.42. The third-order valence-electron chi connectivity index (χ3n) is 6.29. The van der Waals surface area contributed by atoms with Crippen LogP contribution in [0.2, 0.25) is 0 Å². The summed E-state index contributed by atoms with van der Waals surface area (Å²) in [4.78, 5) is 31.2. The van der Waals surface area contributed by atoms with Gasteiger partial charge in [-0.2, -0.15) is 0 Å². The fourth-order valence-electron chi connectivity index (χ4n) is 4.29. The minimum Gasteiger partial charge on any atom is -0.373 e. The molecule has 2 atom stereocenters. The zero-order valence-electron chi connectivity index (χ0n) is 19.0. The van der Waals surface area contributed by atoms with Crippen LogP contribution in [0.4, 0.5) is 8.78 Å². The van der Waals surface area contributed by atoms with Gasteiger partial charge in [-0.1, -0.05) is 0 Å². The Morgan fingerprint density at radius 2 is 1.85 bits per heavy atom. The van der Waals surface area contributed by atoms with Gasteiger partial charge >= 0.3 is 0 Å². The summed E-state index contributed by atoms with van der Waals surface area (Å²) in [6.45, 7) is 4.06. The molecule has 0 bridgehead atoms. The predicted molar refractivity (Wildman–Crippen MR) is 122 cm³/mol. The molecule has 1 aromatic carbocycles. The first-order valence-electron chi connectivity index (χ1n) is 11.1. The van der Waals surface area contributed by atoms with Crippen LogP contribution in [0.5, 0.6) is 0 Å². The molecule has 4 heterocycles. The Morgan fingerprint density at radius 1 is 1.06 bits per heavy atom. The third-order valence-corrected chi connectivity index (χ3v) is 6.29. The lowest BCUT2D eigenvalue weighted by molar-refractivity contribution is 0.00300. The van der Waals surface area contributed by atoms with Crippen molar-refractivity contribution >= 4 is 11.2 Å². The molecular weight excluding hydrogens is 440 g/mol. The lowest BCUT2D eigenvalue weighted by Gasteiger charge is -2.29. The molecule has 1 fully saturated rings. The van der Waals surface area contributed by atoms with Crippen molar-refractivity contribution in [1.82, 2.24) is 24.5 Å². The molecule has 1 saturated heterocycles. The van der Waals surface area contributed by atoms with E-state index in [9.17, 15) is 13.6 Å². The Hall–Kier alpha value is -3.59. The summed E-state index contributed by atoms with van der Waals surface area (Å²) in [5.41, 5.74) is 2.97. The van der Waals surface area contributed by atoms with E-state index in [1.165, 1.54) is 16.7 Å². The maximum absolute atomic E-state index is 14.8. The molecule has 0 spiro atoms. The lowest BCUT2D eigenvalue weighted by Crippen LogP contribution is -2.28. The Morgan fingerprint density at radius 3 is 2.65 bits per heavy atom. The number of ether oxygens (including phenoxy) is 1. The second kappa shape index (κ2) is 8.64. The van der Waals surface area contributed by atoms with Crippen LogP contribution < -0.4 is 5.56 Å². The second-order valence-corrected chi connectivity index (χ2v) is 8.58. The number of fused-ring (bicyclic) bond motifs is 1. The minimum atomic E-state index is -0.733. The van der Waals surface area contributed by atoms with Gasteiger partial charge in [0.25, 0.3) is 5.56 Å². The molecule has 0 radical (unpaired) electrons. The van der Waals surface area contributed by atoms with Gasteiger partial charge in [0.2, 0.25) is 0 Å². The van der Waals surface area contributed by atoms with E-state index < -0.39 is 17.7 Å². The van der Waals surface area contributed by atoms with E-state index in [1.807, 2.05) is 19.9 Å². The smallest absolute Gasteiger partial charge is 0.256 e. The van der Waals surface area contributed by atoms with Crippen LogP contribution in [0.1, 0.15) is 47.6 Å². The van der Waals surface area contributed by atoms with Crippen molar-refractivity contribution in [1.29, 1.82) is 0 Å². The van der Waals surface area contributed by atoms with Crippen LogP contribution in [0.3, 0.4) is 0 Å². The molecule has 2 unspecified atom stereocenters. The summed E-state index contributed by atoms with van der Waals surface area (Å²) in [6, 6.07) is 6.96. The topological polar surface area (TPSA) is 82.8 Å². The van der Waals surface area contributed by atoms with Gasteiger partial charge in [0.05, 0.1) is 17.5 Å². The molecule has 1 aliphatic rings. The zero-order chi connectivity index (χ0) is 24.0. The molecule has 5 rings (SSSR count). The average Bonchev–Trinajstić information content (AvgIpc) is 2.81. The fourth-order valence-corrected chi connectivity index (χ4v) is 4.29. The number of halogens is 2. The number of hydrogen-bond acceptors (Lipinski definition) is 6. The van der Waals surface area contributed by atoms with Crippen LogP contribution in [0.15, 0.2) is 41.3 Å². The molecule has 7 nitrogen and oxygen atoms in total. The Labute approximate surface area is 194 Å². The molecule has 3 aromatic heterocycles. The zero-order valence-corrected chi connectivity index (χ0v) is 19.0. The number of aromatic nitrogens is 5. The summed E-state index contributed by atoms with van der Waals surface area (Å²) in [5.74, 6) is -1.07. The number of nitrogens with zero attached hydrogens (tertiary/aromatic N) is 5. The Bertz CT molecular complexity index is 1470. The van der Waals surface area contributed by atoms with E-state index in [2.05, 4.69) is 15.0 Å². The highest BCUT2D eigenvalue weighted by Crippen LogP contribution is 2.37. The van der Waals surface area contributed by atoms with Crippen molar-refractivity contribution < 1.29 is 13.5 Å². The maximum atomic E-state index is 14.8. The van der Waals surface area contributed by atoms with Crippen molar-refractivity contribution in [3.63, 3.8) is 0 Å². The van der Waals surface area contributed by atoms with Crippen LogP contribution in [-0.2, 0) is 11.8 Å². The molecule has 0 N–H and O–H groups in total. The second-order valence-electron chi connectivity index (χ2n) is 8.58. The third kappa shape index (κ3) is 3.96. The molecule has 34 heavy (non-hydrogen) atoms. The number of pyridine rings is 1. The highest BCUT2D eigenvalue weighted by Gasteiger charge is 2.30. The summed E-state index contributed by atoms with van der Waals surface area (Å²) < 4.78 is 35.8. The Balaban J connectivity index is 1.63. The van der Waals surface area contributed by atoms with E-state index in [4.69, 9.17) is 9.72 Å². The van der Waals surface area contributed by atoms with Gasteiger partial charge in [-0.25, -0.2) is 28.7 Å². The van der Waals surface area contributed by atoms with Gasteiger partial charge in [0.15, 0.2) is 5.65 Å². The quantitative estimate of drug-likeness (QED) is 0.450. The van der Waals surface area contributed by atoms with Crippen LogP contribution >= 0.6 is 0 Å². The predicted octanol–water partition coefficient (Wildman–Crippen LogP) is 4.32. The molecule has 174 valence electrons. The van der Waals surface area contributed by atoms with E-state index in [0.717, 1.165) is 6.07 Å². The highest BCUT2D eigenvalue weighted by molar-refractivity contribution is 5.87.